The van der Waals surface area contributed by atoms with Crippen LogP contribution in [0.25, 0.3) is 11.3 Å². The SMILES string of the molecule is O=c1[nH]c(=S)[nH]c(-c2ccc(Cl)cc2)c1CCO. The van der Waals surface area contributed by atoms with Crippen molar-refractivity contribution < 1.29 is 5.11 Å². The average molecular weight is 283 g/mol. The lowest BCUT2D eigenvalue weighted by Gasteiger charge is -2.08. The molecule has 0 aliphatic heterocycles. The summed E-state index contributed by atoms with van der Waals surface area (Å²) in [5.74, 6) is 0. The Labute approximate surface area is 113 Å². The Morgan fingerprint density at radius 3 is 2.50 bits per heavy atom. The Bertz CT molecular complexity index is 661. The minimum Gasteiger partial charge on any atom is -0.396 e. The van der Waals surface area contributed by atoms with E-state index in [-0.39, 0.29) is 23.4 Å². The maximum atomic E-state index is 11.8. The van der Waals surface area contributed by atoms with E-state index in [0.29, 0.717) is 16.3 Å². The number of aliphatic hydroxyl groups is 1. The highest BCUT2D eigenvalue weighted by atomic mass is 35.5. The predicted molar refractivity (Wildman–Crippen MR) is 73.5 cm³/mol. The predicted octanol–water partition coefficient (Wildman–Crippen LogP) is 2.29. The van der Waals surface area contributed by atoms with Gasteiger partial charge in [0.25, 0.3) is 5.56 Å². The van der Waals surface area contributed by atoms with Crippen LogP contribution in [-0.4, -0.2) is 21.7 Å². The van der Waals surface area contributed by atoms with E-state index in [9.17, 15) is 4.79 Å². The Morgan fingerprint density at radius 1 is 1.22 bits per heavy atom. The molecule has 94 valence electrons. The lowest BCUT2D eigenvalue weighted by atomic mass is 10.1. The van der Waals surface area contributed by atoms with Crippen LogP contribution in [0.15, 0.2) is 29.1 Å². The summed E-state index contributed by atoms with van der Waals surface area (Å²) in [4.78, 5) is 17.3. The first-order valence-corrected chi connectivity index (χ1v) is 6.12. The third-order valence-corrected chi connectivity index (χ3v) is 2.99. The first-order chi connectivity index (χ1) is 8.61. The van der Waals surface area contributed by atoms with Gasteiger partial charge >= 0.3 is 0 Å². The molecule has 0 radical (unpaired) electrons. The fourth-order valence-electron chi connectivity index (χ4n) is 1.73. The molecule has 1 heterocycles. The molecule has 18 heavy (non-hydrogen) atoms. The van der Waals surface area contributed by atoms with Gasteiger partial charge in [0.1, 0.15) is 0 Å². The summed E-state index contributed by atoms with van der Waals surface area (Å²) in [7, 11) is 0. The van der Waals surface area contributed by atoms with Crippen LogP contribution in [0, 0.1) is 4.77 Å². The Hall–Kier alpha value is -1.43. The molecule has 0 atom stereocenters. The monoisotopic (exact) mass is 282 g/mol. The third kappa shape index (κ3) is 2.69. The molecule has 0 fully saturated rings. The van der Waals surface area contributed by atoms with E-state index in [2.05, 4.69) is 9.97 Å². The number of H-pyrrole nitrogens is 2. The van der Waals surface area contributed by atoms with Crippen molar-refractivity contribution in [3.05, 3.63) is 50.0 Å². The summed E-state index contributed by atoms with van der Waals surface area (Å²) in [6.45, 7) is -0.103. The van der Waals surface area contributed by atoms with E-state index < -0.39 is 0 Å². The van der Waals surface area contributed by atoms with Crippen LogP contribution in [0.5, 0.6) is 0 Å². The number of aromatic amines is 2. The molecule has 0 aliphatic rings. The van der Waals surface area contributed by atoms with Crippen LogP contribution >= 0.6 is 23.8 Å². The molecule has 6 heteroatoms. The molecular weight excluding hydrogens is 272 g/mol. The summed E-state index contributed by atoms with van der Waals surface area (Å²) < 4.78 is 0.256. The maximum absolute atomic E-state index is 11.8. The summed E-state index contributed by atoms with van der Waals surface area (Å²) in [5.41, 5.74) is 1.63. The number of nitrogens with one attached hydrogen (secondary N) is 2. The highest BCUT2D eigenvalue weighted by Gasteiger charge is 2.09. The van der Waals surface area contributed by atoms with Crippen molar-refractivity contribution in [3.8, 4) is 11.3 Å². The minimum atomic E-state index is -0.280. The molecule has 0 bridgehead atoms. The molecule has 2 rings (SSSR count). The molecule has 0 amide bonds. The molecule has 1 aromatic carbocycles. The van der Waals surface area contributed by atoms with Gasteiger partial charge < -0.3 is 10.1 Å². The highest BCUT2D eigenvalue weighted by molar-refractivity contribution is 7.71. The zero-order chi connectivity index (χ0) is 13.1. The molecule has 0 spiro atoms. The Morgan fingerprint density at radius 2 is 1.89 bits per heavy atom. The van der Waals surface area contributed by atoms with Crippen LogP contribution in [0.4, 0.5) is 0 Å². The summed E-state index contributed by atoms with van der Waals surface area (Å²) in [5, 5.41) is 9.63. The van der Waals surface area contributed by atoms with Gasteiger partial charge in [0.15, 0.2) is 4.77 Å². The van der Waals surface area contributed by atoms with Gasteiger partial charge in [-0.25, -0.2) is 0 Å². The van der Waals surface area contributed by atoms with Gasteiger partial charge in [-0.15, -0.1) is 0 Å². The lowest BCUT2D eigenvalue weighted by Crippen LogP contribution is -2.17. The van der Waals surface area contributed by atoms with Crippen LogP contribution in [-0.2, 0) is 6.42 Å². The van der Waals surface area contributed by atoms with Crippen molar-refractivity contribution in [3.63, 3.8) is 0 Å². The highest BCUT2D eigenvalue weighted by Crippen LogP contribution is 2.21. The minimum absolute atomic E-state index is 0.103. The van der Waals surface area contributed by atoms with E-state index in [1.54, 1.807) is 24.3 Å². The van der Waals surface area contributed by atoms with Gasteiger partial charge in [-0.05, 0) is 29.9 Å². The Kier molecular flexibility index (Phi) is 3.96. The van der Waals surface area contributed by atoms with Gasteiger partial charge in [0.05, 0.1) is 5.69 Å². The maximum Gasteiger partial charge on any atom is 0.255 e. The molecule has 0 aliphatic carbocycles. The van der Waals surface area contributed by atoms with E-state index >= 15 is 0 Å². The normalized spacial score (nSPS) is 10.6. The summed E-state index contributed by atoms with van der Waals surface area (Å²) in [6.07, 6.45) is 0.263. The van der Waals surface area contributed by atoms with Crippen LogP contribution in [0.2, 0.25) is 5.02 Å². The molecule has 0 unspecified atom stereocenters. The standard InChI is InChI=1S/C12H11ClN2O2S/c13-8-3-1-7(2-4-8)10-9(5-6-16)11(17)15-12(18)14-10/h1-4,16H,5-6H2,(H2,14,15,17,18). The number of hydrogen-bond acceptors (Lipinski definition) is 3. The van der Waals surface area contributed by atoms with Crippen molar-refractivity contribution in [2.24, 2.45) is 0 Å². The van der Waals surface area contributed by atoms with Gasteiger partial charge in [-0.1, -0.05) is 23.7 Å². The van der Waals surface area contributed by atoms with Crippen LogP contribution < -0.4 is 5.56 Å². The van der Waals surface area contributed by atoms with E-state index in [1.165, 1.54) is 0 Å². The molecular formula is C12H11ClN2O2S. The molecule has 2 aromatic rings. The number of halogens is 1. The largest absolute Gasteiger partial charge is 0.396 e. The summed E-state index contributed by atoms with van der Waals surface area (Å²) in [6, 6.07) is 7.06. The van der Waals surface area contributed by atoms with Crippen molar-refractivity contribution in [2.75, 3.05) is 6.61 Å². The topological polar surface area (TPSA) is 68.9 Å². The lowest BCUT2D eigenvalue weighted by molar-refractivity contribution is 0.299. The second-order valence-electron chi connectivity index (χ2n) is 3.74. The number of aliphatic hydroxyl groups excluding tert-OH is 1. The smallest absolute Gasteiger partial charge is 0.255 e. The average Bonchev–Trinajstić information content (AvgIpc) is 2.33. The second-order valence-corrected chi connectivity index (χ2v) is 4.59. The first kappa shape index (κ1) is 13.0. The molecule has 0 saturated heterocycles. The molecule has 4 nitrogen and oxygen atoms in total. The van der Waals surface area contributed by atoms with Crippen molar-refractivity contribution in [1.29, 1.82) is 0 Å². The molecule has 0 saturated carbocycles. The number of hydrogen-bond donors (Lipinski definition) is 3. The van der Waals surface area contributed by atoms with Gasteiger partial charge in [-0.3, -0.25) is 9.78 Å². The van der Waals surface area contributed by atoms with E-state index in [1.807, 2.05) is 0 Å². The second kappa shape index (κ2) is 5.48. The fraction of sp³-hybridized carbons (Fsp3) is 0.167. The number of benzene rings is 1. The zero-order valence-corrected chi connectivity index (χ0v) is 10.9. The van der Waals surface area contributed by atoms with Crippen molar-refractivity contribution >= 4 is 23.8 Å². The van der Waals surface area contributed by atoms with Crippen molar-refractivity contribution in [2.45, 2.75) is 6.42 Å². The number of rotatable bonds is 3. The fourth-order valence-corrected chi connectivity index (χ4v) is 2.05. The van der Waals surface area contributed by atoms with Gasteiger partial charge in [0.2, 0.25) is 0 Å². The van der Waals surface area contributed by atoms with E-state index in [0.717, 1.165) is 5.56 Å². The van der Waals surface area contributed by atoms with Gasteiger partial charge in [-0.2, -0.15) is 0 Å². The number of aromatic nitrogens is 2. The van der Waals surface area contributed by atoms with Crippen LogP contribution in [0.1, 0.15) is 5.56 Å². The summed E-state index contributed by atoms with van der Waals surface area (Å²) >= 11 is 10.8. The third-order valence-electron chi connectivity index (χ3n) is 2.54. The van der Waals surface area contributed by atoms with Crippen LogP contribution in [0.3, 0.4) is 0 Å². The zero-order valence-electron chi connectivity index (χ0n) is 9.37. The van der Waals surface area contributed by atoms with Crippen molar-refractivity contribution in [1.82, 2.24) is 9.97 Å². The quantitative estimate of drug-likeness (QED) is 0.757. The Balaban J connectivity index is 2.65. The van der Waals surface area contributed by atoms with E-state index in [4.69, 9.17) is 28.9 Å². The molecule has 3 N–H and O–H groups in total. The first-order valence-electron chi connectivity index (χ1n) is 5.34. The van der Waals surface area contributed by atoms with Gasteiger partial charge in [0, 0.05) is 23.6 Å². The molecule has 1 aromatic heterocycles.